The third-order valence-corrected chi connectivity index (χ3v) is 6.51. The summed E-state index contributed by atoms with van der Waals surface area (Å²) >= 11 is 1.66. The molecule has 170 valence electrons. The molecule has 0 amide bonds. The van der Waals surface area contributed by atoms with E-state index in [1.54, 1.807) is 32.0 Å². The Morgan fingerprint density at radius 2 is 1.82 bits per heavy atom. The van der Waals surface area contributed by atoms with E-state index in [1.807, 2.05) is 6.07 Å². The van der Waals surface area contributed by atoms with Gasteiger partial charge in [-0.1, -0.05) is 23.8 Å². The standard InChI is InChI=1S/C24H24N4O4S/c1-13-5-7-14(8-6-13)33-12-17-20-19(16(11-25)23(26)32-24(20)28-27-17)15-9-10-18(29-2)22(31-4)21(15)30-3/h5-10,19H,12,26H2,1-4H3,(H,27,28)/t19-/m0/s1. The molecule has 0 unspecified atom stereocenters. The smallest absolute Gasteiger partial charge is 0.244 e. The zero-order valence-electron chi connectivity index (χ0n) is 18.8. The fraction of sp³-hybridized carbons (Fsp3) is 0.250. The summed E-state index contributed by atoms with van der Waals surface area (Å²) in [6.07, 6.45) is 0. The molecule has 1 atom stereocenters. The van der Waals surface area contributed by atoms with E-state index in [9.17, 15) is 5.26 Å². The number of nitrogens with zero attached hydrogens (tertiary/aromatic N) is 2. The number of hydrogen-bond acceptors (Lipinski definition) is 8. The number of benzene rings is 2. The van der Waals surface area contributed by atoms with Crippen molar-refractivity contribution in [3.63, 3.8) is 0 Å². The molecule has 0 fully saturated rings. The van der Waals surface area contributed by atoms with Crippen molar-refractivity contribution in [1.29, 1.82) is 5.26 Å². The van der Waals surface area contributed by atoms with Crippen LogP contribution in [0, 0.1) is 18.3 Å². The van der Waals surface area contributed by atoms with E-state index < -0.39 is 5.92 Å². The fourth-order valence-electron chi connectivity index (χ4n) is 3.87. The summed E-state index contributed by atoms with van der Waals surface area (Å²) in [5.41, 5.74) is 9.86. The Kier molecular flexibility index (Phi) is 6.38. The average Bonchev–Trinajstić information content (AvgIpc) is 3.23. The highest BCUT2D eigenvalue weighted by Gasteiger charge is 2.38. The maximum Gasteiger partial charge on any atom is 0.244 e. The summed E-state index contributed by atoms with van der Waals surface area (Å²) in [5, 5.41) is 17.4. The highest BCUT2D eigenvalue weighted by Crippen LogP contribution is 2.50. The number of thioether (sulfide) groups is 1. The zero-order chi connectivity index (χ0) is 23.5. The summed E-state index contributed by atoms with van der Waals surface area (Å²) in [6.45, 7) is 2.05. The highest BCUT2D eigenvalue weighted by atomic mass is 32.2. The van der Waals surface area contributed by atoms with Crippen LogP contribution in [-0.4, -0.2) is 31.5 Å². The lowest BCUT2D eigenvalue weighted by molar-refractivity contribution is 0.321. The van der Waals surface area contributed by atoms with Crippen molar-refractivity contribution in [2.24, 2.45) is 5.73 Å². The normalized spacial score (nSPS) is 14.8. The minimum absolute atomic E-state index is 0.0103. The van der Waals surface area contributed by atoms with Crippen LogP contribution >= 0.6 is 11.8 Å². The van der Waals surface area contributed by atoms with Crippen LogP contribution < -0.4 is 24.7 Å². The lowest BCUT2D eigenvalue weighted by atomic mass is 9.83. The second-order valence-corrected chi connectivity index (χ2v) is 8.42. The molecule has 0 aliphatic carbocycles. The van der Waals surface area contributed by atoms with Gasteiger partial charge in [0.2, 0.25) is 17.5 Å². The van der Waals surface area contributed by atoms with Gasteiger partial charge in [0.1, 0.15) is 11.6 Å². The molecule has 9 heteroatoms. The number of rotatable bonds is 7. The number of nitrogens with two attached hydrogens (primary N) is 1. The number of nitrogens with one attached hydrogen (secondary N) is 1. The van der Waals surface area contributed by atoms with Crippen molar-refractivity contribution in [2.45, 2.75) is 23.5 Å². The van der Waals surface area contributed by atoms with Gasteiger partial charge in [0, 0.05) is 16.2 Å². The van der Waals surface area contributed by atoms with Crippen LogP contribution in [0.15, 0.2) is 52.7 Å². The van der Waals surface area contributed by atoms with Crippen LogP contribution in [0.5, 0.6) is 23.1 Å². The van der Waals surface area contributed by atoms with Crippen LogP contribution in [-0.2, 0) is 5.75 Å². The largest absolute Gasteiger partial charge is 0.493 e. The lowest BCUT2D eigenvalue weighted by Gasteiger charge is -2.26. The highest BCUT2D eigenvalue weighted by molar-refractivity contribution is 7.98. The third-order valence-electron chi connectivity index (χ3n) is 5.47. The first-order valence-corrected chi connectivity index (χ1v) is 11.1. The first kappa shape index (κ1) is 22.4. The molecule has 1 aliphatic heterocycles. The number of ether oxygens (including phenoxy) is 4. The molecule has 1 aromatic heterocycles. The molecular formula is C24H24N4O4S. The number of aromatic nitrogens is 2. The summed E-state index contributed by atoms with van der Waals surface area (Å²) in [7, 11) is 4.64. The van der Waals surface area contributed by atoms with Gasteiger partial charge in [0.15, 0.2) is 11.5 Å². The molecule has 0 bridgehead atoms. The SMILES string of the molecule is COc1ccc([C@H]2C(C#N)=C(N)Oc3n[nH]c(CSc4ccc(C)cc4)c32)c(OC)c1OC. The van der Waals surface area contributed by atoms with Gasteiger partial charge in [0.05, 0.1) is 38.5 Å². The van der Waals surface area contributed by atoms with E-state index in [1.165, 1.54) is 12.7 Å². The molecule has 1 aliphatic rings. The molecule has 2 aromatic carbocycles. The first-order chi connectivity index (χ1) is 16.0. The second kappa shape index (κ2) is 9.38. The fourth-order valence-corrected chi connectivity index (χ4v) is 4.73. The van der Waals surface area contributed by atoms with Crippen molar-refractivity contribution < 1.29 is 18.9 Å². The van der Waals surface area contributed by atoms with E-state index in [4.69, 9.17) is 24.7 Å². The predicted molar refractivity (Wildman–Crippen MR) is 125 cm³/mol. The number of H-pyrrole nitrogens is 1. The number of methoxy groups -OCH3 is 3. The Hall–Kier alpha value is -3.77. The molecule has 0 spiro atoms. The van der Waals surface area contributed by atoms with Gasteiger partial charge in [-0.15, -0.1) is 16.9 Å². The molecule has 0 saturated heterocycles. The van der Waals surface area contributed by atoms with Gasteiger partial charge >= 0.3 is 0 Å². The molecule has 2 heterocycles. The number of hydrogen-bond donors (Lipinski definition) is 2. The maximum absolute atomic E-state index is 9.97. The molecule has 8 nitrogen and oxygen atoms in total. The molecule has 4 rings (SSSR count). The van der Waals surface area contributed by atoms with Crippen LogP contribution in [0.1, 0.15) is 28.3 Å². The number of nitriles is 1. The monoisotopic (exact) mass is 464 g/mol. The number of aromatic amines is 1. The van der Waals surface area contributed by atoms with Crippen LogP contribution in [0.25, 0.3) is 0 Å². The predicted octanol–water partition coefficient (Wildman–Crippen LogP) is 4.25. The third kappa shape index (κ3) is 4.05. The lowest BCUT2D eigenvalue weighted by Crippen LogP contribution is -2.21. The summed E-state index contributed by atoms with van der Waals surface area (Å²) in [6, 6.07) is 14.1. The van der Waals surface area contributed by atoms with Gasteiger partial charge < -0.3 is 24.7 Å². The van der Waals surface area contributed by atoms with E-state index in [2.05, 4.69) is 47.5 Å². The van der Waals surface area contributed by atoms with Crippen molar-refractivity contribution in [2.75, 3.05) is 21.3 Å². The summed E-state index contributed by atoms with van der Waals surface area (Å²) in [4.78, 5) is 1.12. The van der Waals surface area contributed by atoms with E-state index in [-0.39, 0.29) is 11.5 Å². The van der Waals surface area contributed by atoms with Gasteiger partial charge in [-0.05, 0) is 25.1 Å². The Morgan fingerprint density at radius 3 is 2.45 bits per heavy atom. The van der Waals surface area contributed by atoms with E-state index in [0.29, 0.717) is 34.4 Å². The van der Waals surface area contributed by atoms with Gasteiger partial charge in [-0.2, -0.15) is 5.26 Å². The average molecular weight is 465 g/mol. The summed E-state index contributed by atoms with van der Waals surface area (Å²) in [5.74, 6) is 1.79. The Balaban J connectivity index is 1.82. The van der Waals surface area contributed by atoms with Crippen molar-refractivity contribution in [3.05, 3.63) is 70.2 Å². The number of allylic oxidation sites excluding steroid dienone is 1. The minimum atomic E-state index is -0.555. The Labute approximate surface area is 196 Å². The van der Waals surface area contributed by atoms with Gasteiger partial charge in [-0.3, -0.25) is 5.10 Å². The minimum Gasteiger partial charge on any atom is -0.493 e. The number of aryl methyl sites for hydroxylation is 1. The maximum atomic E-state index is 9.97. The topological polar surface area (TPSA) is 115 Å². The quantitative estimate of drug-likeness (QED) is 0.499. The molecule has 0 saturated carbocycles. The Bertz CT molecular complexity index is 1240. The number of fused-ring (bicyclic) bond motifs is 1. The van der Waals surface area contributed by atoms with Crippen LogP contribution in [0.2, 0.25) is 0 Å². The molecular weight excluding hydrogens is 440 g/mol. The first-order valence-electron chi connectivity index (χ1n) is 10.1. The van der Waals surface area contributed by atoms with E-state index >= 15 is 0 Å². The second-order valence-electron chi connectivity index (χ2n) is 7.37. The van der Waals surface area contributed by atoms with Crippen LogP contribution in [0.3, 0.4) is 0 Å². The van der Waals surface area contributed by atoms with Crippen molar-refractivity contribution in [3.8, 4) is 29.2 Å². The van der Waals surface area contributed by atoms with Gasteiger partial charge in [0.25, 0.3) is 0 Å². The molecule has 3 aromatic rings. The molecule has 3 N–H and O–H groups in total. The Morgan fingerprint density at radius 1 is 1.09 bits per heavy atom. The van der Waals surface area contributed by atoms with E-state index in [0.717, 1.165) is 16.2 Å². The summed E-state index contributed by atoms with van der Waals surface area (Å²) < 4.78 is 22.4. The molecule has 0 radical (unpaired) electrons. The molecule has 33 heavy (non-hydrogen) atoms. The van der Waals surface area contributed by atoms with Crippen molar-refractivity contribution in [1.82, 2.24) is 10.2 Å². The van der Waals surface area contributed by atoms with Gasteiger partial charge in [-0.25, -0.2) is 0 Å². The zero-order valence-corrected chi connectivity index (χ0v) is 19.6. The van der Waals surface area contributed by atoms with Crippen LogP contribution in [0.4, 0.5) is 0 Å². The van der Waals surface area contributed by atoms with Crippen molar-refractivity contribution >= 4 is 11.8 Å².